The molecule has 0 fully saturated rings. The third-order valence-electron chi connectivity index (χ3n) is 11.2. The van der Waals surface area contributed by atoms with Crippen LogP contribution in [0.25, 0.3) is 0 Å². The van der Waals surface area contributed by atoms with Crippen molar-refractivity contribution in [1.29, 1.82) is 0 Å². The fourth-order valence-corrected chi connectivity index (χ4v) is 7.55. The number of carbonyl (C=O) groups is 1. The van der Waals surface area contributed by atoms with E-state index in [1.807, 2.05) is 0 Å². The maximum Gasteiger partial charge on any atom is 0.249 e. The Balaban J connectivity index is 3.52. The molecule has 1 unspecified atom stereocenters. The Morgan fingerprint density at radius 1 is 0.392 bits per heavy atom. The second kappa shape index (κ2) is 42.1. The van der Waals surface area contributed by atoms with E-state index in [-0.39, 0.29) is 6.61 Å². The van der Waals surface area contributed by atoms with Crippen molar-refractivity contribution in [2.24, 2.45) is 0 Å². The molecule has 0 bridgehead atoms. The average Bonchev–Trinajstić information content (AvgIpc) is 3.13. The molecular formula is C46H93NO4. The molecule has 0 aromatic rings. The van der Waals surface area contributed by atoms with E-state index in [2.05, 4.69) is 19.2 Å². The minimum absolute atomic E-state index is 0.308. The Kier molecular flexibility index (Phi) is 41.6. The molecule has 0 aromatic heterocycles. The first-order valence-corrected chi connectivity index (χ1v) is 23.3. The molecule has 0 aromatic carbocycles. The van der Waals surface area contributed by atoms with Gasteiger partial charge < -0.3 is 20.6 Å². The van der Waals surface area contributed by atoms with Crippen LogP contribution in [0, 0.1) is 0 Å². The first kappa shape index (κ1) is 50.4. The van der Waals surface area contributed by atoms with Gasteiger partial charge in [-0.2, -0.15) is 0 Å². The molecule has 3 atom stereocenters. The van der Waals surface area contributed by atoms with Crippen molar-refractivity contribution in [1.82, 2.24) is 5.32 Å². The number of unbranched alkanes of at least 4 members (excludes halogenated alkanes) is 35. The molecule has 4 N–H and O–H groups in total. The minimum atomic E-state index is -1.07. The van der Waals surface area contributed by atoms with E-state index in [0.717, 1.165) is 32.1 Å². The summed E-state index contributed by atoms with van der Waals surface area (Å²) in [6, 6.07) is -0.705. The minimum Gasteiger partial charge on any atom is -0.394 e. The summed E-state index contributed by atoms with van der Waals surface area (Å²) in [5.74, 6) is -0.465. The Bertz CT molecular complexity index is 674. The molecule has 51 heavy (non-hydrogen) atoms. The number of amides is 1. The maximum atomic E-state index is 12.5. The molecule has 0 rings (SSSR count). The normalized spacial score (nSPS) is 13.4. The lowest BCUT2D eigenvalue weighted by Gasteiger charge is -2.23. The highest BCUT2D eigenvalue weighted by molar-refractivity contribution is 5.80. The van der Waals surface area contributed by atoms with Gasteiger partial charge in [0, 0.05) is 0 Å². The second-order valence-corrected chi connectivity index (χ2v) is 16.3. The first-order chi connectivity index (χ1) is 25.1. The highest BCUT2D eigenvalue weighted by Gasteiger charge is 2.23. The van der Waals surface area contributed by atoms with Gasteiger partial charge in [0.15, 0.2) is 0 Å². The number of aliphatic hydroxyl groups excluding tert-OH is 3. The summed E-state index contributed by atoms with van der Waals surface area (Å²) >= 11 is 0. The summed E-state index contributed by atoms with van der Waals surface area (Å²) in [6.45, 7) is 4.25. The lowest BCUT2D eigenvalue weighted by Crippen LogP contribution is -2.49. The lowest BCUT2D eigenvalue weighted by atomic mass is 10.0. The van der Waals surface area contributed by atoms with Crippen LogP contribution in [0.2, 0.25) is 0 Å². The van der Waals surface area contributed by atoms with E-state index < -0.39 is 24.2 Å². The van der Waals surface area contributed by atoms with Crippen molar-refractivity contribution in [2.45, 2.75) is 283 Å². The Morgan fingerprint density at radius 2 is 0.627 bits per heavy atom. The summed E-state index contributed by atoms with van der Waals surface area (Å²) < 4.78 is 0. The molecule has 0 aliphatic carbocycles. The summed E-state index contributed by atoms with van der Waals surface area (Å²) in [5, 5.41) is 33.3. The van der Waals surface area contributed by atoms with Crippen molar-refractivity contribution in [3.63, 3.8) is 0 Å². The Hall–Kier alpha value is -0.650. The van der Waals surface area contributed by atoms with Crippen LogP contribution in [0.15, 0.2) is 0 Å². The topological polar surface area (TPSA) is 89.8 Å². The standard InChI is InChI=1S/C46H93NO4/c1-3-5-7-9-11-13-15-17-18-19-20-21-22-23-24-25-26-27-29-31-33-35-37-39-41-45(50)46(51)47-43(42-48)44(49)40-38-36-34-32-30-28-16-14-12-10-8-6-4-2/h43-45,48-50H,3-42H2,1-2H3,(H,47,51)/t43-,44+,45?/m0/s1. The fourth-order valence-electron chi connectivity index (χ4n) is 7.55. The van der Waals surface area contributed by atoms with Crippen LogP contribution >= 0.6 is 0 Å². The molecule has 0 spiro atoms. The number of carbonyl (C=O) groups excluding carboxylic acids is 1. The molecule has 0 aliphatic heterocycles. The molecule has 5 nitrogen and oxygen atoms in total. The monoisotopic (exact) mass is 724 g/mol. The van der Waals surface area contributed by atoms with Crippen LogP contribution in [0.5, 0.6) is 0 Å². The van der Waals surface area contributed by atoms with Gasteiger partial charge in [-0.25, -0.2) is 0 Å². The Labute approximate surface area is 319 Å². The molecular weight excluding hydrogens is 631 g/mol. The van der Waals surface area contributed by atoms with Crippen molar-refractivity contribution >= 4 is 5.91 Å². The molecule has 5 heteroatoms. The predicted octanol–water partition coefficient (Wildman–Crippen LogP) is 13.4. The molecule has 1 amide bonds. The van der Waals surface area contributed by atoms with Crippen LogP contribution < -0.4 is 5.32 Å². The maximum absolute atomic E-state index is 12.5. The van der Waals surface area contributed by atoms with Crippen molar-refractivity contribution in [2.75, 3.05) is 6.61 Å². The van der Waals surface area contributed by atoms with Gasteiger partial charge in [0.1, 0.15) is 6.10 Å². The van der Waals surface area contributed by atoms with E-state index in [0.29, 0.717) is 12.8 Å². The molecule has 0 saturated heterocycles. The third kappa shape index (κ3) is 37.5. The quantitative estimate of drug-likeness (QED) is 0.0472. The lowest BCUT2D eigenvalue weighted by molar-refractivity contribution is -0.131. The van der Waals surface area contributed by atoms with E-state index >= 15 is 0 Å². The van der Waals surface area contributed by atoms with E-state index in [4.69, 9.17) is 0 Å². The fraction of sp³-hybridized carbons (Fsp3) is 0.978. The van der Waals surface area contributed by atoms with Crippen molar-refractivity contribution in [3.8, 4) is 0 Å². The zero-order chi connectivity index (χ0) is 37.3. The highest BCUT2D eigenvalue weighted by Crippen LogP contribution is 2.17. The largest absolute Gasteiger partial charge is 0.394 e. The van der Waals surface area contributed by atoms with Crippen molar-refractivity contribution in [3.05, 3.63) is 0 Å². The zero-order valence-electron chi connectivity index (χ0n) is 34.8. The predicted molar refractivity (Wildman–Crippen MR) is 222 cm³/mol. The third-order valence-corrected chi connectivity index (χ3v) is 11.2. The van der Waals surface area contributed by atoms with Gasteiger partial charge in [-0.3, -0.25) is 4.79 Å². The molecule has 0 saturated carbocycles. The van der Waals surface area contributed by atoms with Gasteiger partial charge in [0.25, 0.3) is 0 Å². The van der Waals surface area contributed by atoms with Crippen molar-refractivity contribution < 1.29 is 20.1 Å². The summed E-state index contributed by atoms with van der Waals surface area (Å²) in [6.07, 6.45) is 48.3. The molecule has 306 valence electrons. The van der Waals surface area contributed by atoms with Gasteiger partial charge in [0.2, 0.25) is 5.91 Å². The van der Waals surface area contributed by atoms with Crippen LogP contribution in [0.3, 0.4) is 0 Å². The number of hydrogen-bond donors (Lipinski definition) is 4. The van der Waals surface area contributed by atoms with Gasteiger partial charge in [-0.1, -0.05) is 251 Å². The smallest absolute Gasteiger partial charge is 0.249 e. The van der Waals surface area contributed by atoms with E-state index in [9.17, 15) is 20.1 Å². The van der Waals surface area contributed by atoms with Crippen LogP contribution in [0.1, 0.15) is 264 Å². The van der Waals surface area contributed by atoms with Gasteiger partial charge in [0.05, 0.1) is 18.8 Å². The Morgan fingerprint density at radius 3 is 0.882 bits per heavy atom. The molecule has 0 radical (unpaired) electrons. The summed E-state index contributed by atoms with van der Waals surface area (Å²) in [5.41, 5.74) is 0. The van der Waals surface area contributed by atoms with Crippen LogP contribution in [-0.4, -0.2) is 46.1 Å². The average molecular weight is 724 g/mol. The highest BCUT2D eigenvalue weighted by atomic mass is 16.3. The summed E-state index contributed by atoms with van der Waals surface area (Å²) in [7, 11) is 0. The second-order valence-electron chi connectivity index (χ2n) is 16.3. The van der Waals surface area contributed by atoms with Gasteiger partial charge in [-0.15, -0.1) is 0 Å². The SMILES string of the molecule is CCCCCCCCCCCCCCCCCCCCCCCCCCC(O)C(=O)N[C@@H](CO)[C@H](O)CCCCCCCCCCCCCCC. The van der Waals surface area contributed by atoms with E-state index in [1.54, 1.807) is 0 Å². The van der Waals surface area contributed by atoms with Crippen LogP contribution in [-0.2, 0) is 4.79 Å². The zero-order valence-corrected chi connectivity index (χ0v) is 34.8. The number of rotatable bonds is 43. The molecule has 0 aliphatic rings. The first-order valence-electron chi connectivity index (χ1n) is 23.3. The van der Waals surface area contributed by atoms with Gasteiger partial charge in [-0.05, 0) is 12.8 Å². The number of aliphatic hydroxyl groups is 3. The summed E-state index contributed by atoms with van der Waals surface area (Å²) in [4.78, 5) is 12.5. The molecule has 0 heterocycles. The van der Waals surface area contributed by atoms with Gasteiger partial charge >= 0.3 is 0 Å². The van der Waals surface area contributed by atoms with E-state index in [1.165, 1.54) is 205 Å². The van der Waals surface area contributed by atoms with Crippen LogP contribution in [0.4, 0.5) is 0 Å². The number of nitrogens with one attached hydrogen (secondary N) is 1. The number of hydrogen-bond acceptors (Lipinski definition) is 4.